The molecule has 7 heteroatoms. The van der Waals surface area contributed by atoms with Crippen molar-refractivity contribution >= 4 is 45.1 Å². The first-order valence-corrected chi connectivity index (χ1v) is 11.9. The van der Waals surface area contributed by atoms with Crippen LogP contribution in [0.2, 0.25) is 5.02 Å². The number of aromatic hydroxyl groups is 1. The lowest BCUT2D eigenvalue weighted by Gasteiger charge is -2.36. The number of ether oxygens (including phenoxy) is 1. The maximum Gasteiger partial charge on any atom is 0.231 e. The van der Waals surface area contributed by atoms with Gasteiger partial charge in [0.1, 0.15) is 11.5 Å². The molecule has 0 aliphatic carbocycles. The van der Waals surface area contributed by atoms with Gasteiger partial charge in [0.15, 0.2) is 5.76 Å². The highest BCUT2D eigenvalue weighted by Gasteiger charge is 2.32. The van der Waals surface area contributed by atoms with E-state index in [9.17, 15) is 9.90 Å². The number of piperazine rings is 1. The van der Waals surface area contributed by atoms with Crippen molar-refractivity contribution in [2.75, 3.05) is 31.1 Å². The molecule has 0 spiro atoms. The maximum absolute atomic E-state index is 13.0. The lowest BCUT2D eigenvalue weighted by Crippen LogP contribution is -2.46. The third-order valence-electron chi connectivity index (χ3n) is 5.99. The van der Waals surface area contributed by atoms with Gasteiger partial charge in [0.2, 0.25) is 5.78 Å². The number of fused-ring (bicyclic) bond motifs is 1. The smallest absolute Gasteiger partial charge is 0.231 e. The number of carbonyl (C=O) groups is 1. The number of hydrogen-bond acceptors (Lipinski definition) is 5. The molecule has 2 aliphatic heterocycles. The molecule has 0 saturated carbocycles. The highest BCUT2D eigenvalue weighted by Crippen LogP contribution is 2.40. The number of benzene rings is 3. The van der Waals surface area contributed by atoms with E-state index in [0.717, 1.165) is 46.9 Å². The number of phenols is 1. The van der Waals surface area contributed by atoms with Gasteiger partial charge in [-0.1, -0.05) is 45.7 Å². The highest BCUT2D eigenvalue weighted by atomic mass is 79.9. The van der Waals surface area contributed by atoms with Crippen LogP contribution in [0.5, 0.6) is 11.5 Å². The van der Waals surface area contributed by atoms with Crippen molar-refractivity contribution < 1.29 is 14.6 Å². The predicted octanol–water partition coefficient (Wildman–Crippen LogP) is 5.75. The van der Waals surface area contributed by atoms with Crippen LogP contribution in [0.4, 0.5) is 5.69 Å². The molecule has 1 saturated heterocycles. The average molecular weight is 526 g/mol. The molecule has 5 rings (SSSR count). The molecular formula is C26H22BrClN2O3. The summed E-state index contributed by atoms with van der Waals surface area (Å²) in [6.07, 6.45) is 1.73. The van der Waals surface area contributed by atoms with Crippen molar-refractivity contribution in [3.05, 3.63) is 92.6 Å². The number of halogens is 2. The van der Waals surface area contributed by atoms with Crippen LogP contribution in [-0.4, -0.2) is 42.0 Å². The van der Waals surface area contributed by atoms with Gasteiger partial charge in [-0.05, 0) is 54.1 Å². The van der Waals surface area contributed by atoms with Crippen molar-refractivity contribution in [2.45, 2.75) is 6.54 Å². The number of Topliss-reactive ketones (excluding diaryl/α,β-unsaturated/α-hetero) is 1. The molecule has 0 radical (unpaired) electrons. The summed E-state index contributed by atoms with van der Waals surface area (Å²) < 4.78 is 6.93. The summed E-state index contributed by atoms with van der Waals surface area (Å²) in [4.78, 5) is 17.5. The second-order valence-electron chi connectivity index (χ2n) is 8.18. The molecule has 1 N–H and O–H groups in total. The fraction of sp³-hybridized carbons (Fsp3) is 0.192. The van der Waals surface area contributed by atoms with Crippen molar-refractivity contribution in [2.24, 2.45) is 0 Å². The first kappa shape index (κ1) is 22.0. The quantitative estimate of drug-likeness (QED) is 0.440. The zero-order valence-corrected chi connectivity index (χ0v) is 20.1. The van der Waals surface area contributed by atoms with Gasteiger partial charge >= 0.3 is 0 Å². The van der Waals surface area contributed by atoms with Crippen LogP contribution in [0.3, 0.4) is 0 Å². The van der Waals surface area contributed by atoms with Gasteiger partial charge in [-0.25, -0.2) is 0 Å². The highest BCUT2D eigenvalue weighted by molar-refractivity contribution is 9.10. The summed E-state index contributed by atoms with van der Waals surface area (Å²) in [5.41, 5.74) is 3.11. The number of hydrogen-bond donors (Lipinski definition) is 1. The van der Waals surface area contributed by atoms with Crippen LogP contribution in [0.25, 0.3) is 6.08 Å². The second kappa shape index (κ2) is 9.21. The molecular weight excluding hydrogens is 504 g/mol. The van der Waals surface area contributed by atoms with Gasteiger partial charge < -0.3 is 14.7 Å². The first-order chi connectivity index (χ1) is 16.0. The molecule has 2 aliphatic rings. The van der Waals surface area contributed by atoms with E-state index in [1.54, 1.807) is 18.2 Å². The summed E-state index contributed by atoms with van der Waals surface area (Å²) in [6.45, 7) is 3.86. The van der Waals surface area contributed by atoms with Gasteiger partial charge in [-0.15, -0.1) is 0 Å². The number of nitrogens with zero attached hydrogens (tertiary/aromatic N) is 2. The summed E-state index contributed by atoms with van der Waals surface area (Å²) >= 11 is 9.59. The summed E-state index contributed by atoms with van der Waals surface area (Å²) in [5, 5.41) is 11.3. The third kappa shape index (κ3) is 4.64. The molecule has 3 aromatic carbocycles. The largest absolute Gasteiger partial charge is 0.507 e. The van der Waals surface area contributed by atoms with Crippen molar-refractivity contribution in [1.29, 1.82) is 0 Å². The zero-order valence-electron chi connectivity index (χ0n) is 17.8. The van der Waals surface area contributed by atoms with E-state index < -0.39 is 0 Å². The van der Waals surface area contributed by atoms with Crippen molar-refractivity contribution in [1.82, 2.24) is 4.90 Å². The molecule has 5 nitrogen and oxygen atoms in total. The second-order valence-corrected chi connectivity index (χ2v) is 9.53. The van der Waals surface area contributed by atoms with Gasteiger partial charge in [-0.3, -0.25) is 9.69 Å². The van der Waals surface area contributed by atoms with Gasteiger partial charge in [0, 0.05) is 47.9 Å². The van der Waals surface area contributed by atoms with Crippen LogP contribution in [0.1, 0.15) is 21.5 Å². The monoisotopic (exact) mass is 524 g/mol. The van der Waals surface area contributed by atoms with Crippen LogP contribution in [-0.2, 0) is 6.54 Å². The number of anilines is 1. The number of ketones is 1. The number of allylic oxidation sites excluding steroid dienone is 1. The lowest BCUT2D eigenvalue weighted by molar-refractivity contribution is 0.101. The normalized spacial score (nSPS) is 17.3. The minimum Gasteiger partial charge on any atom is -0.507 e. The molecule has 1 fully saturated rings. The lowest BCUT2D eigenvalue weighted by atomic mass is 10.0. The Kier molecular flexibility index (Phi) is 6.15. The van der Waals surface area contributed by atoms with Gasteiger partial charge in [0.05, 0.1) is 11.1 Å². The molecule has 0 unspecified atom stereocenters. The Morgan fingerprint density at radius 1 is 1.03 bits per heavy atom. The summed E-state index contributed by atoms with van der Waals surface area (Å²) in [6, 6.07) is 18.8. The Balaban J connectivity index is 1.33. The van der Waals surface area contributed by atoms with E-state index in [2.05, 4.69) is 31.8 Å². The minimum absolute atomic E-state index is 0.141. The van der Waals surface area contributed by atoms with Crippen molar-refractivity contribution in [3.8, 4) is 11.5 Å². The average Bonchev–Trinajstić information content (AvgIpc) is 3.11. The minimum atomic E-state index is -0.169. The first-order valence-electron chi connectivity index (χ1n) is 10.8. The van der Waals surface area contributed by atoms with E-state index in [4.69, 9.17) is 16.3 Å². The molecule has 3 aromatic rings. The summed E-state index contributed by atoms with van der Waals surface area (Å²) in [5.74, 6) is 0.693. The van der Waals surface area contributed by atoms with Crippen LogP contribution < -0.4 is 9.64 Å². The molecule has 0 amide bonds. The molecule has 33 heavy (non-hydrogen) atoms. The number of phenolic OH excluding ortho intramolecular Hbond substituents is 1. The fourth-order valence-electron chi connectivity index (χ4n) is 4.26. The molecule has 0 bridgehead atoms. The molecule has 2 heterocycles. The van der Waals surface area contributed by atoms with Crippen LogP contribution in [0, 0.1) is 0 Å². The van der Waals surface area contributed by atoms with E-state index >= 15 is 0 Å². The Hall–Kier alpha value is -2.80. The zero-order chi connectivity index (χ0) is 22.9. The molecule has 0 atom stereocenters. The summed E-state index contributed by atoms with van der Waals surface area (Å²) in [7, 11) is 0. The Labute approximate surface area is 206 Å². The predicted molar refractivity (Wildman–Crippen MR) is 134 cm³/mol. The van der Waals surface area contributed by atoms with E-state index in [1.807, 2.05) is 42.5 Å². The van der Waals surface area contributed by atoms with Gasteiger partial charge in [0.25, 0.3) is 0 Å². The van der Waals surface area contributed by atoms with Gasteiger partial charge in [-0.2, -0.15) is 0 Å². The van der Waals surface area contributed by atoms with Crippen molar-refractivity contribution in [3.63, 3.8) is 0 Å². The maximum atomic E-state index is 13.0. The van der Waals surface area contributed by atoms with Crippen LogP contribution >= 0.6 is 27.5 Å². The van der Waals surface area contributed by atoms with Crippen LogP contribution in [0.15, 0.2) is 70.9 Å². The topological polar surface area (TPSA) is 53.0 Å². The number of carbonyl (C=O) groups excluding carboxylic acids is 1. The SMILES string of the molecule is O=C1/C(=C/c2cccc(Br)c2)Oc2c1ccc(O)c2CN1CCN(c2cccc(Cl)c2)CC1. The van der Waals surface area contributed by atoms with E-state index in [0.29, 0.717) is 23.4 Å². The number of rotatable bonds is 4. The molecule has 0 aromatic heterocycles. The van der Waals surface area contributed by atoms with E-state index in [1.165, 1.54) is 0 Å². The Bertz CT molecular complexity index is 1250. The Morgan fingerprint density at radius 3 is 2.58 bits per heavy atom. The fourth-order valence-corrected chi connectivity index (χ4v) is 4.86. The van der Waals surface area contributed by atoms with E-state index in [-0.39, 0.29) is 17.3 Å². The molecule has 168 valence electrons. The Morgan fingerprint density at radius 2 is 1.82 bits per heavy atom. The standard InChI is InChI=1S/C26H22BrClN2O3/c27-18-4-1-3-17(13-18)14-24-25(32)21-7-8-23(31)22(26(21)33-24)16-29-9-11-30(12-10-29)20-6-2-5-19(28)15-20/h1-8,13-15,31H,9-12,16H2/b24-14-. The third-order valence-corrected chi connectivity index (χ3v) is 6.72.